The van der Waals surface area contributed by atoms with Crippen LogP contribution in [0.1, 0.15) is 17.4 Å². The molecule has 3 nitrogen and oxygen atoms in total. The first-order valence-corrected chi connectivity index (χ1v) is 8.61. The Morgan fingerprint density at radius 2 is 1.38 bits per heavy atom. The largest absolute Gasteiger partial charge is 0.382 e. The maximum Gasteiger partial charge on any atom is 0.122 e. The molecule has 0 spiro atoms. The van der Waals surface area contributed by atoms with Gasteiger partial charge in [-0.15, -0.1) is 0 Å². The quantitative estimate of drug-likeness (QED) is 0.461. The Morgan fingerprint density at radius 3 is 2.31 bits per heavy atom. The number of hydrogen-bond donors (Lipinski definition) is 1. The van der Waals surface area contributed by atoms with Crippen molar-refractivity contribution in [3.05, 3.63) is 96.3 Å². The lowest BCUT2D eigenvalue weighted by Gasteiger charge is -2.14. The van der Waals surface area contributed by atoms with Gasteiger partial charge in [0.15, 0.2) is 0 Å². The van der Waals surface area contributed by atoms with Gasteiger partial charge in [0.25, 0.3) is 0 Å². The molecule has 26 heavy (non-hydrogen) atoms. The standard InChI is InChI=1S/C23H16N2O/c26-23(19-9-3-6-15-5-1-2-8-18(15)19)20-13-12-17-11-10-16-7-4-14-24-21(16)22(17)25-20/h1-14,23,26H. The summed E-state index contributed by atoms with van der Waals surface area (Å²) in [7, 11) is 0. The summed E-state index contributed by atoms with van der Waals surface area (Å²) in [5.41, 5.74) is 3.17. The summed E-state index contributed by atoms with van der Waals surface area (Å²) in [6.45, 7) is 0. The summed E-state index contributed by atoms with van der Waals surface area (Å²) in [6.07, 6.45) is 0.988. The van der Waals surface area contributed by atoms with E-state index in [2.05, 4.69) is 17.1 Å². The summed E-state index contributed by atoms with van der Waals surface area (Å²) < 4.78 is 0. The molecule has 2 heterocycles. The van der Waals surface area contributed by atoms with E-state index in [1.165, 1.54) is 0 Å². The normalized spacial score (nSPS) is 12.7. The van der Waals surface area contributed by atoms with E-state index >= 15 is 0 Å². The van der Waals surface area contributed by atoms with Crippen LogP contribution in [0.4, 0.5) is 0 Å². The lowest BCUT2D eigenvalue weighted by molar-refractivity contribution is 0.217. The molecule has 1 atom stereocenters. The summed E-state index contributed by atoms with van der Waals surface area (Å²) >= 11 is 0. The molecule has 0 aliphatic rings. The highest BCUT2D eigenvalue weighted by Gasteiger charge is 2.16. The van der Waals surface area contributed by atoms with Crippen molar-refractivity contribution in [1.82, 2.24) is 9.97 Å². The molecule has 3 heteroatoms. The van der Waals surface area contributed by atoms with Crippen LogP contribution in [0.3, 0.4) is 0 Å². The van der Waals surface area contributed by atoms with Crippen molar-refractivity contribution >= 4 is 32.6 Å². The van der Waals surface area contributed by atoms with Crippen LogP contribution in [0.25, 0.3) is 32.6 Å². The third-order valence-corrected chi connectivity index (χ3v) is 4.85. The zero-order valence-corrected chi connectivity index (χ0v) is 14.0. The molecule has 124 valence electrons. The highest BCUT2D eigenvalue weighted by Crippen LogP contribution is 2.30. The molecular weight excluding hydrogens is 320 g/mol. The van der Waals surface area contributed by atoms with Crippen molar-refractivity contribution in [3.8, 4) is 0 Å². The number of benzene rings is 3. The Hall–Kier alpha value is -3.30. The van der Waals surface area contributed by atoms with E-state index in [9.17, 15) is 5.11 Å². The number of nitrogens with zero attached hydrogens (tertiary/aromatic N) is 2. The molecule has 0 bridgehead atoms. The van der Waals surface area contributed by atoms with Crippen LogP contribution in [0.15, 0.2) is 85.1 Å². The van der Waals surface area contributed by atoms with E-state index in [4.69, 9.17) is 4.98 Å². The summed E-state index contributed by atoms with van der Waals surface area (Å²) in [5, 5.41) is 15.3. The van der Waals surface area contributed by atoms with Crippen molar-refractivity contribution in [2.45, 2.75) is 6.10 Å². The minimum absolute atomic E-state index is 0.631. The maximum atomic E-state index is 11.0. The summed E-state index contributed by atoms with van der Waals surface area (Å²) in [4.78, 5) is 9.26. The molecule has 0 aliphatic heterocycles. The molecule has 5 rings (SSSR count). The van der Waals surface area contributed by atoms with Gasteiger partial charge in [0, 0.05) is 17.0 Å². The van der Waals surface area contributed by atoms with Crippen LogP contribution >= 0.6 is 0 Å². The molecule has 0 saturated carbocycles. The molecule has 0 fully saturated rings. The second-order valence-electron chi connectivity index (χ2n) is 6.42. The van der Waals surface area contributed by atoms with Gasteiger partial charge < -0.3 is 5.11 Å². The molecule has 0 aliphatic carbocycles. The predicted molar refractivity (Wildman–Crippen MR) is 105 cm³/mol. The van der Waals surface area contributed by atoms with Crippen molar-refractivity contribution in [1.29, 1.82) is 0 Å². The van der Waals surface area contributed by atoms with Crippen LogP contribution in [0, 0.1) is 0 Å². The van der Waals surface area contributed by atoms with Gasteiger partial charge in [0.1, 0.15) is 6.10 Å². The maximum absolute atomic E-state index is 11.0. The lowest BCUT2D eigenvalue weighted by Crippen LogP contribution is -2.03. The Kier molecular flexibility index (Phi) is 3.40. The first kappa shape index (κ1) is 15.0. The number of hydrogen-bond acceptors (Lipinski definition) is 3. The first-order valence-electron chi connectivity index (χ1n) is 8.61. The SMILES string of the molecule is OC(c1ccc2ccc3cccnc3c2n1)c1cccc2ccccc12. The van der Waals surface area contributed by atoms with Gasteiger partial charge in [-0.25, -0.2) is 4.98 Å². The fraction of sp³-hybridized carbons (Fsp3) is 0.0435. The van der Waals surface area contributed by atoms with Gasteiger partial charge in [0.2, 0.25) is 0 Å². The molecule has 2 aromatic heterocycles. The fourth-order valence-corrected chi connectivity index (χ4v) is 3.54. The number of aliphatic hydroxyl groups excluding tert-OH is 1. The average molecular weight is 336 g/mol. The average Bonchev–Trinajstić information content (AvgIpc) is 2.72. The fourth-order valence-electron chi connectivity index (χ4n) is 3.54. The number of aromatic nitrogens is 2. The molecule has 3 aromatic carbocycles. The van der Waals surface area contributed by atoms with Crippen LogP contribution in [0.5, 0.6) is 0 Å². The Morgan fingerprint density at radius 1 is 0.654 bits per heavy atom. The minimum atomic E-state index is -0.788. The molecule has 5 aromatic rings. The van der Waals surface area contributed by atoms with Crippen molar-refractivity contribution in [2.75, 3.05) is 0 Å². The number of rotatable bonds is 2. The Bertz CT molecular complexity index is 1260. The van der Waals surface area contributed by atoms with Gasteiger partial charge in [-0.05, 0) is 28.5 Å². The lowest BCUT2D eigenvalue weighted by atomic mass is 9.98. The van der Waals surface area contributed by atoms with Gasteiger partial charge in [-0.1, -0.05) is 66.7 Å². The van der Waals surface area contributed by atoms with Crippen LogP contribution < -0.4 is 0 Å². The van der Waals surface area contributed by atoms with Gasteiger partial charge in [-0.2, -0.15) is 0 Å². The Balaban J connectivity index is 1.72. The van der Waals surface area contributed by atoms with Crippen molar-refractivity contribution in [3.63, 3.8) is 0 Å². The second kappa shape index (κ2) is 5.90. The smallest absolute Gasteiger partial charge is 0.122 e. The van der Waals surface area contributed by atoms with E-state index in [0.29, 0.717) is 5.69 Å². The number of fused-ring (bicyclic) bond motifs is 4. The molecule has 1 unspecified atom stereocenters. The highest BCUT2D eigenvalue weighted by molar-refractivity contribution is 6.02. The van der Waals surface area contributed by atoms with E-state index in [1.807, 2.05) is 66.7 Å². The van der Waals surface area contributed by atoms with Crippen LogP contribution in [0.2, 0.25) is 0 Å². The topological polar surface area (TPSA) is 46.0 Å². The summed E-state index contributed by atoms with van der Waals surface area (Å²) in [6, 6.07) is 26.0. The van der Waals surface area contributed by atoms with E-state index in [1.54, 1.807) is 6.20 Å². The first-order chi connectivity index (χ1) is 12.8. The molecule has 0 amide bonds. The van der Waals surface area contributed by atoms with Crippen LogP contribution in [-0.4, -0.2) is 15.1 Å². The van der Waals surface area contributed by atoms with Gasteiger partial charge in [-0.3, -0.25) is 4.98 Å². The zero-order valence-electron chi connectivity index (χ0n) is 14.0. The zero-order chi connectivity index (χ0) is 17.5. The van der Waals surface area contributed by atoms with Crippen molar-refractivity contribution < 1.29 is 5.11 Å². The molecule has 0 radical (unpaired) electrons. The molecule has 0 saturated heterocycles. The number of aliphatic hydroxyl groups is 1. The molecule has 1 N–H and O–H groups in total. The van der Waals surface area contributed by atoms with E-state index < -0.39 is 6.10 Å². The minimum Gasteiger partial charge on any atom is -0.382 e. The number of pyridine rings is 2. The predicted octanol–water partition coefficient (Wildman–Crippen LogP) is 5.02. The monoisotopic (exact) mass is 336 g/mol. The summed E-state index contributed by atoms with van der Waals surface area (Å²) in [5.74, 6) is 0. The van der Waals surface area contributed by atoms with Crippen LogP contribution in [-0.2, 0) is 0 Å². The van der Waals surface area contributed by atoms with E-state index in [-0.39, 0.29) is 0 Å². The van der Waals surface area contributed by atoms with E-state index in [0.717, 1.165) is 38.1 Å². The van der Waals surface area contributed by atoms with Crippen molar-refractivity contribution in [2.24, 2.45) is 0 Å². The molecular formula is C23H16N2O. The third-order valence-electron chi connectivity index (χ3n) is 4.85. The second-order valence-corrected chi connectivity index (χ2v) is 6.42. The van der Waals surface area contributed by atoms with Gasteiger partial charge in [0.05, 0.1) is 16.7 Å². The highest BCUT2D eigenvalue weighted by atomic mass is 16.3. The third kappa shape index (κ3) is 2.33. The van der Waals surface area contributed by atoms with Gasteiger partial charge >= 0.3 is 0 Å². The Labute approximate surface area is 150 Å².